The highest BCUT2D eigenvalue weighted by Crippen LogP contribution is 2.31. The third-order valence-electron chi connectivity index (χ3n) is 4.09. The van der Waals surface area contributed by atoms with Gasteiger partial charge in [0.1, 0.15) is 0 Å². The molecule has 1 unspecified atom stereocenters. The van der Waals surface area contributed by atoms with Gasteiger partial charge in [-0.3, -0.25) is 0 Å². The zero-order valence-electron chi connectivity index (χ0n) is 11.9. The number of allylic oxidation sites excluding steroid dienone is 1. The van der Waals surface area contributed by atoms with Crippen LogP contribution in [0.15, 0.2) is 12.1 Å². The van der Waals surface area contributed by atoms with E-state index in [1.807, 2.05) is 6.08 Å². The van der Waals surface area contributed by atoms with Gasteiger partial charge in [-0.25, -0.2) is 0 Å². The van der Waals surface area contributed by atoms with E-state index in [0.717, 1.165) is 5.92 Å². The second-order valence-electron chi connectivity index (χ2n) is 5.79. The molecule has 0 aromatic heterocycles. The predicted molar refractivity (Wildman–Crippen MR) is 78.2 cm³/mol. The van der Waals surface area contributed by atoms with Gasteiger partial charge in [-0.15, -0.1) is 0 Å². The molecule has 1 atom stereocenters. The minimum Gasteiger partial charge on any atom is -0.424 e. The minimum atomic E-state index is -1.29. The van der Waals surface area contributed by atoms with Crippen LogP contribution >= 0.6 is 0 Å². The average Bonchev–Trinajstić information content (AvgIpc) is 2.37. The van der Waals surface area contributed by atoms with Crippen LogP contribution in [0.1, 0.15) is 71.1 Å². The number of unbranched alkanes of at least 4 members (excludes halogenated alkanes) is 2. The molecule has 2 nitrogen and oxygen atoms in total. The largest absolute Gasteiger partial charge is 0.480 e. The van der Waals surface area contributed by atoms with Crippen molar-refractivity contribution in [3.63, 3.8) is 0 Å². The highest BCUT2D eigenvalue weighted by atomic mass is 16.4. The van der Waals surface area contributed by atoms with Crippen LogP contribution < -0.4 is 0 Å². The molecule has 0 saturated heterocycles. The summed E-state index contributed by atoms with van der Waals surface area (Å²) in [7, 11) is -1.29. The van der Waals surface area contributed by atoms with E-state index in [2.05, 4.69) is 6.92 Å². The molecule has 1 aliphatic rings. The summed E-state index contributed by atoms with van der Waals surface area (Å²) in [6, 6.07) is 0. The fraction of sp³-hybridized carbons (Fsp3) is 0.867. The average molecular weight is 252 g/mol. The Morgan fingerprint density at radius 3 is 2.50 bits per heavy atom. The fourth-order valence-electron chi connectivity index (χ4n) is 3.06. The van der Waals surface area contributed by atoms with Crippen molar-refractivity contribution in [2.45, 2.75) is 71.1 Å². The van der Waals surface area contributed by atoms with E-state index in [4.69, 9.17) is 10.0 Å². The summed E-state index contributed by atoms with van der Waals surface area (Å²) in [6.45, 7) is 2.23. The molecule has 3 heteroatoms. The van der Waals surface area contributed by atoms with Crippen molar-refractivity contribution >= 4 is 7.12 Å². The molecule has 0 amide bonds. The van der Waals surface area contributed by atoms with Gasteiger partial charge >= 0.3 is 7.12 Å². The first kappa shape index (κ1) is 15.8. The summed E-state index contributed by atoms with van der Waals surface area (Å²) >= 11 is 0. The molecule has 0 bridgehead atoms. The number of hydrogen-bond acceptors (Lipinski definition) is 2. The number of rotatable bonds is 8. The van der Waals surface area contributed by atoms with Crippen molar-refractivity contribution in [3.8, 4) is 0 Å². The van der Waals surface area contributed by atoms with Crippen molar-refractivity contribution in [2.75, 3.05) is 0 Å². The Morgan fingerprint density at radius 1 is 1.17 bits per heavy atom. The van der Waals surface area contributed by atoms with Gasteiger partial charge < -0.3 is 10.0 Å². The monoisotopic (exact) mass is 252 g/mol. The Hall–Kier alpha value is -0.275. The molecule has 0 aromatic carbocycles. The van der Waals surface area contributed by atoms with Crippen LogP contribution in [0, 0.1) is 11.8 Å². The van der Waals surface area contributed by atoms with Crippen LogP contribution in [0.5, 0.6) is 0 Å². The van der Waals surface area contributed by atoms with Crippen LogP contribution in [0.25, 0.3) is 0 Å². The van der Waals surface area contributed by atoms with Gasteiger partial charge in [0.25, 0.3) is 0 Å². The van der Waals surface area contributed by atoms with Crippen LogP contribution in [-0.4, -0.2) is 17.2 Å². The Balaban J connectivity index is 2.36. The first-order valence-corrected chi connectivity index (χ1v) is 7.76. The van der Waals surface area contributed by atoms with E-state index in [0.29, 0.717) is 5.92 Å². The first-order chi connectivity index (χ1) is 8.72. The summed E-state index contributed by atoms with van der Waals surface area (Å²) in [5, 5.41) is 17.9. The molecule has 104 valence electrons. The lowest BCUT2D eigenvalue weighted by atomic mass is 9.79. The smallest absolute Gasteiger partial charge is 0.424 e. The van der Waals surface area contributed by atoms with Crippen molar-refractivity contribution in [2.24, 2.45) is 11.8 Å². The van der Waals surface area contributed by atoms with E-state index < -0.39 is 7.12 Å². The second-order valence-corrected chi connectivity index (χ2v) is 5.79. The fourth-order valence-corrected chi connectivity index (χ4v) is 3.06. The summed E-state index contributed by atoms with van der Waals surface area (Å²) in [4.78, 5) is 0. The zero-order chi connectivity index (χ0) is 13.2. The quantitative estimate of drug-likeness (QED) is 0.510. The van der Waals surface area contributed by atoms with Crippen LogP contribution in [0.2, 0.25) is 0 Å². The van der Waals surface area contributed by atoms with E-state index >= 15 is 0 Å². The molecule has 0 spiro atoms. The van der Waals surface area contributed by atoms with Gasteiger partial charge in [-0.2, -0.15) is 0 Å². The van der Waals surface area contributed by atoms with Crippen molar-refractivity contribution in [1.29, 1.82) is 0 Å². The van der Waals surface area contributed by atoms with E-state index in [-0.39, 0.29) is 0 Å². The highest BCUT2D eigenvalue weighted by molar-refractivity contribution is 6.47. The maximum atomic E-state index is 8.95. The summed E-state index contributed by atoms with van der Waals surface area (Å²) in [6.07, 6.45) is 15.2. The Morgan fingerprint density at radius 2 is 1.89 bits per heavy atom. The zero-order valence-corrected chi connectivity index (χ0v) is 11.9. The van der Waals surface area contributed by atoms with Gasteiger partial charge in [-0.1, -0.05) is 70.3 Å². The van der Waals surface area contributed by atoms with Crippen LogP contribution in [0.3, 0.4) is 0 Å². The first-order valence-electron chi connectivity index (χ1n) is 7.76. The maximum absolute atomic E-state index is 8.95. The Labute approximate surface area is 113 Å². The molecule has 2 N–H and O–H groups in total. The topological polar surface area (TPSA) is 40.5 Å². The molecular weight excluding hydrogens is 223 g/mol. The lowest BCUT2D eigenvalue weighted by molar-refractivity contribution is 0.299. The van der Waals surface area contributed by atoms with E-state index in [1.54, 1.807) is 5.98 Å². The van der Waals surface area contributed by atoms with Gasteiger partial charge in [0, 0.05) is 0 Å². The van der Waals surface area contributed by atoms with Crippen molar-refractivity contribution < 1.29 is 10.0 Å². The summed E-state index contributed by atoms with van der Waals surface area (Å²) in [5.74, 6) is 2.95. The van der Waals surface area contributed by atoms with E-state index in [9.17, 15) is 0 Å². The van der Waals surface area contributed by atoms with Crippen molar-refractivity contribution in [1.82, 2.24) is 0 Å². The Kier molecular flexibility index (Phi) is 8.44. The molecule has 0 radical (unpaired) electrons. The minimum absolute atomic E-state index is 0.543. The SMILES string of the molecule is CCCCCC(/C=C/B(O)O)CC1CCCCC1. The highest BCUT2D eigenvalue weighted by Gasteiger charge is 2.17. The third-order valence-corrected chi connectivity index (χ3v) is 4.09. The predicted octanol–water partition coefficient (Wildman–Crippen LogP) is 3.72. The molecule has 1 saturated carbocycles. The molecule has 0 aliphatic heterocycles. The lowest BCUT2D eigenvalue weighted by Gasteiger charge is -2.25. The molecule has 0 aromatic rings. The van der Waals surface area contributed by atoms with E-state index in [1.165, 1.54) is 64.2 Å². The standard InChI is InChI=1S/C15H29BO2/c1-2-3-5-8-15(11-12-16(17)18)13-14-9-6-4-7-10-14/h11-12,14-15,17-18H,2-10,13H2,1H3/b12-11+. The van der Waals surface area contributed by atoms with Gasteiger partial charge in [0.05, 0.1) is 0 Å². The molecular formula is C15H29BO2. The maximum Gasteiger partial charge on any atom is 0.480 e. The van der Waals surface area contributed by atoms with Crippen LogP contribution in [0.4, 0.5) is 0 Å². The third kappa shape index (κ3) is 7.22. The second kappa shape index (κ2) is 9.63. The molecule has 1 rings (SSSR count). The van der Waals surface area contributed by atoms with Gasteiger partial charge in [-0.05, 0) is 24.7 Å². The van der Waals surface area contributed by atoms with Crippen molar-refractivity contribution in [3.05, 3.63) is 12.1 Å². The molecule has 0 heterocycles. The summed E-state index contributed by atoms with van der Waals surface area (Å²) in [5.41, 5.74) is 0. The number of hydrogen-bond donors (Lipinski definition) is 2. The molecule has 1 aliphatic carbocycles. The molecule has 1 fully saturated rings. The van der Waals surface area contributed by atoms with Crippen LogP contribution in [-0.2, 0) is 0 Å². The Bertz CT molecular complexity index is 223. The lowest BCUT2D eigenvalue weighted by Crippen LogP contribution is -2.13. The van der Waals surface area contributed by atoms with Gasteiger partial charge in [0.2, 0.25) is 0 Å². The van der Waals surface area contributed by atoms with Gasteiger partial charge in [0.15, 0.2) is 0 Å². The summed E-state index contributed by atoms with van der Waals surface area (Å²) < 4.78 is 0. The molecule has 18 heavy (non-hydrogen) atoms. The normalized spacial score (nSPS) is 19.3.